The van der Waals surface area contributed by atoms with E-state index in [1.54, 1.807) is 0 Å². The molecule has 0 aliphatic carbocycles. The van der Waals surface area contributed by atoms with Gasteiger partial charge in [-0.05, 0) is 25.0 Å². The van der Waals surface area contributed by atoms with E-state index in [0.29, 0.717) is 6.61 Å². The highest BCUT2D eigenvalue weighted by atomic mass is 79.9. The van der Waals surface area contributed by atoms with Crippen molar-refractivity contribution >= 4 is 21.9 Å². The average molecular weight is 431 g/mol. The fraction of sp³-hybridized carbons (Fsp3) is 0.667. The second-order valence-electron chi connectivity index (χ2n) is 6.73. The zero-order valence-corrected chi connectivity index (χ0v) is 17.2. The lowest BCUT2D eigenvalue weighted by Gasteiger charge is -2.06. The van der Waals surface area contributed by atoms with E-state index in [1.807, 2.05) is 0 Å². The van der Waals surface area contributed by atoms with Crippen molar-refractivity contribution in [2.75, 3.05) is 11.9 Å². The molecule has 0 unspecified atom stereocenters. The van der Waals surface area contributed by atoms with Crippen LogP contribution in [0.2, 0.25) is 0 Å². The minimum Gasteiger partial charge on any atom is -0.508 e. The van der Waals surface area contributed by atoms with E-state index < -0.39 is 11.8 Å². The molecule has 0 atom stereocenters. The fourth-order valence-corrected chi connectivity index (χ4v) is 3.27. The Morgan fingerprint density at radius 1 is 0.885 bits per heavy atom. The minimum absolute atomic E-state index is 0.130. The summed E-state index contributed by atoms with van der Waals surface area (Å²) >= 11 is 3.46. The third kappa shape index (κ3) is 10.8. The maximum Gasteiger partial charge on any atom is 0.341 e. The van der Waals surface area contributed by atoms with Crippen LogP contribution in [-0.2, 0) is 4.74 Å². The van der Waals surface area contributed by atoms with Gasteiger partial charge in [-0.25, -0.2) is 9.18 Å². The lowest BCUT2D eigenvalue weighted by atomic mass is 10.1. The number of phenols is 1. The Morgan fingerprint density at radius 3 is 1.88 bits per heavy atom. The van der Waals surface area contributed by atoms with E-state index in [-0.39, 0.29) is 11.3 Å². The fourth-order valence-electron chi connectivity index (χ4n) is 2.88. The van der Waals surface area contributed by atoms with Crippen LogP contribution in [0.4, 0.5) is 4.39 Å². The highest BCUT2D eigenvalue weighted by Gasteiger charge is 2.13. The van der Waals surface area contributed by atoms with E-state index in [9.17, 15) is 9.18 Å². The molecule has 1 N–H and O–H groups in total. The number of aromatic hydroxyl groups is 1. The Hall–Kier alpha value is -1.10. The van der Waals surface area contributed by atoms with Gasteiger partial charge in [-0.1, -0.05) is 80.1 Å². The third-order valence-corrected chi connectivity index (χ3v) is 4.99. The number of carbonyl (C=O) groups is 1. The molecule has 0 radical (unpaired) electrons. The molecule has 0 fully saturated rings. The Bertz CT molecular complexity index is 508. The van der Waals surface area contributed by atoms with Crippen molar-refractivity contribution in [3.05, 3.63) is 29.6 Å². The largest absolute Gasteiger partial charge is 0.508 e. The quantitative estimate of drug-likeness (QED) is 0.190. The second kappa shape index (κ2) is 15.0. The number of hydrogen-bond donors (Lipinski definition) is 1. The van der Waals surface area contributed by atoms with Gasteiger partial charge in [-0.2, -0.15) is 0 Å². The lowest BCUT2D eigenvalue weighted by Crippen LogP contribution is -2.08. The van der Waals surface area contributed by atoms with Gasteiger partial charge in [0.1, 0.15) is 11.6 Å². The van der Waals surface area contributed by atoms with E-state index in [2.05, 4.69) is 15.9 Å². The highest BCUT2D eigenvalue weighted by molar-refractivity contribution is 9.09. The Morgan fingerprint density at radius 2 is 1.38 bits per heavy atom. The summed E-state index contributed by atoms with van der Waals surface area (Å²) in [5.41, 5.74) is -0.130. The van der Waals surface area contributed by atoms with Crippen molar-refractivity contribution in [1.29, 1.82) is 0 Å². The van der Waals surface area contributed by atoms with Crippen molar-refractivity contribution < 1.29 is 19.0 Å². The molecule has 0 aliphatic heterocycles. The van der Waals surface area contributed by atoms with Gasteiger partial charge in [0.2, 0.25) is 0 Å². The summed E-state index contributed by atoms with van der Waals surface area (Å²) < 4.78 is 18.6. The van der Waals surface area contributed by atoms with Crippen LogP contribution in [0.1, 0.15) is 87.4 Å². The molecule has 1 aromatic rings. The Balaban J connectivity index is 1.91. The molecule has 1 aromatic carbocycles. The summed E-state index contributed by atoms with van der Waals surface area (Å²) in [6.45, 7) is 0.313. The molecule has 0 saturated carbocycles. The molecule has 5 heteroatoms. The number of benzene rings is 1. The van der Waals surface area contributed by atoms with Crippen LogP contribution in [0, 0.1) is 5.82 Å². The number of rotatable bonds is 15. The van der Waals surface area contributed by atoms with Gasteiger partial charge >= 0.3 is 5.97 Å². The summed E-state index contributed by atoms with van der Waals surface area (Å²) in [5.74, 6) is -1.62. The van der Waals surface area contributed by atoms with Crippen LogP contribution in [0.5, 0.6) is 5.75 Å². The molecular weight excluding hydrogens is 399 g/mol. The van der Waals surface area contributed by atoms with Crippen LogP contribution < -0.4 is 0 Å². The van der Waals surface area contributed by atoms with E-state index in [4.69, 9.17) is 9.84 Å². The number of halogens is 2. The molecule has 0 aliphatic rings. The van der Waals surface area contributed by atoms with E-state index in [0.717, 1.165) is 30.7 Å². The summed E-state index contributed by atoms with van der Waals surface area (Å²) in [6.07, 6.45) is 14.8. The molecule has 26 heavy (non-hydrogen) atoms. The first-order valence-electron chi connectivity index (χ1n) is 9.86. The zero-order chi connectivity index (χ0) is 19.0. The number of carbonyl (C=O) groups excluding carboxylic acids is 1. The first-order chi connectivity index (χ1) is 12.6. The molecule has 0 aromatic heterocycles. The van der Waals surface area contributed by atoms with Gasteiger partial charge in [0.05, 0.1) is 12.2 Å². The van der Waals surface area contributed by atoms with Crippen molar-refractivity contribution in [1.82, 2.24) is 0 Å². The van der Waals surface area contributed by atoms with Crippen molar-refractivity contribution in [3.8, 4) is 5.75 Å². The van der Waals surface area contributed by atoms with Gasteiger partial charge < -0.3 is 9.84 Å². The molecule has 0 bridgehead atoms. The van der Waals surface area contributed by atoms with Gasteiger partial charge in [0.15, 0.2) is 0 Å². The highest BCUT2D eigenvalue weighted by Crippen LogP contribution is 2.16. The smallest absolute Gasteiger partial charge is 0.341 e. The molecule has 0 amide bonds. The van der Waals surface area contributed by atoms with Crippen LogP contribution in [0.3, 0.4) is 0 Å². The van der Waals surface area contributed by atoms with Gasteiger partial charge in [-0.15, -0.1) is 0 Å². The number of unbranched alkanes of at least 4 members (excludes halogenated alkanes) is 11. The summed E-state index contributed by atoms with van der Waals surface area (Å²) in [4.78, 5) is 11.7. The molecule has 3 nitrogen and oxygen atoms in total. The molecule has 0 heterocycles. The van der Waals surface area contributed by atoms with Crippen LogP contribution >= 0.6 is 15.9 Å². The molecule has 1 rings (SSSR count). The van der Waals surface area contributed by atoms with Gasteiger partial charge in [-0.3, -0.25) is 0 Å². The predicted molar refractivity (Wildman–Crippen MR) is 108 cm³/mol. The third-order valence-electron chi connectivity index (χ3n) is 4.43. The van der Waals surface area contributed by atoms with Gasteiger partial charge in [0, 0.05) is 11.4 Å². The topological polar surface area (TPSA) is 46.5 Å². The number of esters is 1. The van der Waals surface area contributed by atoms with Gasteiger partial charge in [0.25, 0.3) is 0 Å². The zero-order valence-electron chi connectivity index (χ0n) is 15.7. The molecule has 0 spiro atoms. The maximum absolute atomic E-state index is 13.5. The minimum atomic E-state index is -0.752. The van der Waals surface area contributed by atoms with Crippen molar-refractivity contribution in [2.24, 2.45) is 0 Å². The normalized spacial score (nSPS) is 10.8. The SMILES string of the molecule is O=C(OCCCCCCCCCCCCCCBr)c1ccc(O)cc1F. The first-order valence-corrected chi connectivity index (χ1v) is 11.0. The maximum atomic E-state index is 13.5. The number of alkyl halides is 1. The first kappa shape index (κ1) is 22.9. The molecular formula is C21H32BrFO3. The number of ether oxygens (including phenoxy) is 1. The standard InChI is InChI=1S/C21H32BrFO3/c22-15-11-9-7-5-3-1-2-4-6-8-10-12-16-26-21(25)19-14-13-18(24)17-20(19)23/h13-14,17,24H,1-12,15-16H2. The summed E-state index contributed by atoms with van der Waals surface area (Å²) in [6, 6.07) is 3.44. The second-order valence-corrected chi connectivity index (χ2v) is 7.52. The van der Waals surface area contributed by atoms with Crippen LogP contribution in [-0.4, -0.2) is 23.0 Å². The predicted octanol–water partition coefficient (Wildman–Crippen LogP) is 6.76. The van der Waals surface area contributed by atoms with Crippen LogP contribution in [0.25, 0.3) is 0 Å². The summed E-state index contributed by atoms with van der Waals surface area (Å²) in [5, 5.41) is 10.3. The number of phenolic OH excluding ortho intramolecular Hbond substituents is 1. The van der Waals surface area contributed by atoms with E-state index >= 15 is 0 Å². The summed E-state index contributed by atoms with van der Waals surface area (Å²) in [7, 11) is 0. The average Bonchev–Trinajstić information content (AvgIpc) is 2.61. The Kier molecular flexibility index (Phi) is 13.2. The molecule has 0 saturated heterocycles. The van der Waals surface area contributed by atoms with Crippen LogP contribution in [0.15, 0.2) is 18.2 Å². The van der Waals surface area contributed by atoms with Crippen molar-refractivity contribution in [2.45, 2.75) is 77.0 Å². The monoisotopic (exact) mass is 430 g/mol. The van der Waals surface area contributed by atoms with E-state index in [1.165, 1.54) is 69.9 Å². The Labute approximate surface area is 165 Å². The van der Waals surface area contributed by atoms with Crippen molar-refractivity contribution in [3.63, 3.8) is 0 Å². The lowest BCUT2D eigenvalue weighted by molar-refractivity contribution is 0.0492. The molecule has 148 valence electrons. The number of hydrogen-bond acceptors (Lipinski definition) is 3.